The Morgan fingerprint density at radius 2 is 1.76 bits per heavy atom. The van der Waals surface area contributed by atoms with Crippen molar-refractivity contribution in [3.63, 3.8) is 0 Å². The largest absolute Gasteiger partial charge is 0.468 e. The van der Waals surface area contributed by atoms with Gasteiger partial charge in [0.2, 0.25) is 17.7 Å². The number of hydrogen-bond donors (Lipinski definition) is 3. The number of alkyl carbamates (subject to hydrolysis) is 1. The zero-order chi connectivity index (χ0) is 28.2. The van der Waals surface area contributed by atoms with Crippen LogP contribution in [0.5, 0.6) is 0 Å². The molecular weight excluding hydrogens is 480 g/mol. The predicted octanol–water partition coefficient (Wildman–Crippen LogP) is 1.40. The Bertz CT molecular complexity index is 1010. The van der Waals surface area contributed by atoms with Crippen molar-refractivity contribution in [3.8, 4) is 12.3 Å². The van der Waals surface area contributed by atoms with Gasteiger partial charge in [-0.25, -0.2) is 4.79 Å². The maximum Gasteiger partial charge on any atom is 0.408 e. The number of nitrogens with zero attached hydrogens (tertiary/aromatic N) is 1. The maximum atomic E-state index is 13.8. The molecule has 0 radical (unpaired) electrons. The summed E-state index contributed by atoms with van der Waals surface area (Å²) in [6, 6.07) is 3.79. The van der Waals surface area contributed by atoms with E-state index in [2.05, 4.69) is 21.3 Å². The van der Waals surface area contributed by atoms with E-state index in [9.17, 15) is 24.0 Å². The van der Waals surface area contributed by atoms with Gasteiger partial charge in [0, 0.05) is 12.1 Å². The van der Waals surface area contributed by atoms with Crippen molar-refractivity contribution in [2.75, 3.05) is 20.2 Å². The second kappa shape index (κ2) is 14.5. The summed E-state index contributed by atoms with van der Waals surface area (Å²) >= 11 is 0. The molecule has 0 spiro atoms. The van der Waals surface area contributed by atoms with E-state index >= 15 is 0 Å². The van der Waals surface area contributed by atoms with Gasteiger partial charge in [0.15, 0.2) is 0 Å². The minimum atomic E-state index is -1.40. The number of carbonyl (C=O) groups excluding carboxylic acids is 5. The molecule has 0 aliphatic rings. The second-order valence-corrected chi connectivity index (χ2v) is 9.22. The number of ether oxygens (including phenoxy) is 2. The molecule has 0 aromatic heterocycles. The summed E-state index contributed by atoms with van der Waals surface area (Å²) in [5.41, 5.74) is 5.46. The number of hydrogen-bond acceptors (Lipinski definition) is 7. The lowest BCUT2D eigenvalue weighted by Crippen LogP contribution is -2.54. The number of primary amides is 1. The number of terminal acetylenes is 1. The van der Waals surface area contributed by atoms with Gasteiger partial charge in [-0.1, -0.05) is 31.4 Å². The van der Waals surface area contributed by atoms with E-state index in [0.29, 0.717) is 24.0 Å². The van der Waals surface area contributed by atoms with Crippen LogP contribution in [0.1, 0.15) is 64.1 Å². The van der Waals surface area contributed by atoms with E-state index in [1.807, 2.05) is 6.92 Å². The van der Waals surface area contributed by atoms with Crippen LogP contribution in [0.4, 0.5) is 4.79 Å². The Labute approximate surface area is 217 Å². The van der Waals surface area contributed by atoms with Crippen LogP contribution in [0.25, 0.3) is 0 Å². The quantitative estimate of drug-likeness (QED) is 0.280. The Morgan fingerprint density at radius 1 is 1.14 bits per heavy atom. The fourth-order valence-corrected chi connectivity index (χ4v) is 3.31. The van der Waals surface area contributed by atoms with Gasteiger partial charge in [-0.15, -0.1) is 6.42 Å². The first kappa shape index (κ1) is 31.0. The number of benzene rings is 1. The number of nitrogens with two attached hydrogens (primary N) is 1. The second-order valence-electron chi connectivity index (χ2n) is 9.22. The van der Waals surface area contributed by atoms with Crippen molar-refractivity contribution in [2.45, 2.75) is 64.6 Å². The summed E-state index contributed by atoms with van der Waals surface area (Å²) in [7, 11) is 1.18. The molecule has 11 nitrogen and oxygen atoms in total. The third kappa shape index (κ3) is 10.6. The number of amides is 4. The molecule has 4 N–H and O–H groups in total. The molecule has 11 heteroatoms. The zero-order valence-corrected chi connectivity index (χ0v) is 22.0. The standard InChI is InChI=1S/C26H36N4O7/c1-7-9-14-30(24(34)19(15-20(27)31)29-25(35)37-26(3,4)5)22(23(33)28-16-21(32)36-6)18-12-10-17(8-2)11-13-18/h2,10-13,19,22H,7,9,14-16H2,1,3-6H3,(H2,27,31)(H,28,33)(H,29,35). The van der Waals surface area contributed by atoms with E-state index in [4.69, 9.17) is 16.9 Å². The van der Waals surface area contributed by atoms with Crippen LogP contribution in [0.15, 0.2) is 24.3 Å². The molecule has 0 aliphatic heterocycles. The van der Waals surface area contributed by atoms with Gasteiger partial charge in [-0.05, 0) is 44.9 Å². The van der Waals surface area contributed by atoms with Gasteiger partial charge in [0.25, 0.3) is 0 Å². The highest BCUT2D eigenvalue weighted by molar-refractivity contribution is 5.95. The van der Waals surface area contributed by atoms with Gasteiger partial charge >= 0.3 is 12.1 Å². The summed E-state index contributed by atoms with van der Waals surface area (Å²) in [5, 5.41) is 4.87. The molecule has 4 amide bonds. The Hall–Kier alpha value is -4.07. The third-order valence-corrected chi connectivity index (χ3v) is 5.02. The molecule has 0 saturated carbocycles. The van der Waals surface area contributed by atoms with Gasteiger partial charge < -0.3 is 30.7 Å². The zero-order valence-electron chi connectivity index (χ0n) is 22.0. The van der Waals surface area contributed by atoms with Crippen molar-refractivity contribution in [1.29, 1.82) is 0 Å². The molecule has 0 heterocycles. The first-order chi connectivity index (χ1) is 17.3. The molecule has 2 unspecified atom stereocenters. The maximum absolute atomic E-state index is 13.8. The average Bonchev–Trinajstić information content (AvgIpc) is 2.82. The fraction of sp³-hybridized carbons (Fsp3) is 0.500. The highest BCUT2D eigenvalue weighted by Gasteiger charge is 2.36. The van der Waals surface area contributed by atoms with Gasteiger partial charge in [0.1, 0.15) is 24.2 Å². The number of carbonyl (C=O) groups is 5. The molecule has 1 rings (SSSR count). The number of nitrogens with one attached hydrogen (secondary N) is 2. The normalized spacial score (nSPS) is 12.3. The van der Waals surface area contributed by atoms with Crippen LogP contribution in [0.2, 0.25) is 0 Å². The SMILES string of the molecule is C#Cc1ccc(C(C(=O)NCC(=O)OC)N(CCCC)C(=O)C(CC(N)=O)NC(=O)OC(C)(C)C)cc1. The number of rotatable bonds is 12. The van der Waals surface area contributed by atoms with Crippen molar-refractivity contribution < 1.29 is 33.4 Å². The van der Waals surface area contributed by atoms with Crippen LogP contribution in [-0.4, -0.2) is 66.5 Å². The van der Waals surface area contributed by atoms with E-state index in [1.165, 1.54) is 12.0 Å². The van der Waals surface area contributed by atoms with Gasteiger partial charge in [0.05, 0.1) is 13.5 Å². The Morgan fingerprint density at radius 3 is 2.24 bits per heavy atom. The van der Waals surface area contributed by atoms with E-state index in [-0.39, 0.29) is 6.54 Å². The molecule has 0 aliphatic carbocycles. The predicted molar refractivity (Wildman–Crippen MR) is 136 cm³/mol. The molecular formula is C26H36N4O7. The summed E-state index contributed by atoms with van der Waals surface area (Å²) in [6.07, 6.45) is 5.18. The number of esters is 1. The summed E-state index contributed by atoms with van der Waals surface area (Å²) in [4.78, 5) is 64.2. The lowest BCUT2D eigenvalue weighted by Gasteiger charge is -2.34. The van der Waals surface area contributed by atoms with E-state index in [1.54, 1.807) is 45.0 Å². The summed E-state index contributed by atoms with van der Waals surface area (Å²) < 4.78 is 9.82. The van der Waals surface area contributed by atoms with Crippen LogP contribution < -0.4 is 16.4 Å². The molecule has 2 atom stereocenters. The summed E-state index contributed by atoms with van der Waals surface area (Å²) in [5.74, 6) is -0.431. The van der Waals surface area contributed by atoms with Crippen LogP contribution >= 0.6 is 0 Å². The third-order valence-electron chi connectivity index (χ3n) is 5.02. The molecule has 0 bridgehead atoms. The van der Waals surface area contributed by atoms with Crippen molar-refractivity contribution >= 4 is 29.8 Å². The topological polar surface area (TPSA) is 157 Å². The van der Waals surface area contributed by atoms with Gasteiger partial charge in [-0.3, -0.25) is 19.2 Å². The average molecular weight is 517 g/mol. The first-order valence-corrected chi connectivity index (χ1v) is 11.8. The Balaban J connectivity index is 3.49. The minimum absolute atomic E-state index is 0.105. The monoisotopic (exact) mass is 516 g/mol. The Kier molecular flexibility index (Phi) is 12.1. The smallest absolute Gasteiger partial charge is 0.408 e. The van der Waals surface area contributed by atoms with Gasteiger partial charge in [-0.2, -0.15) is 0 Å². The van der Waals surface area contributed by atoms with Crippen molar-refractivity contribution in [1.82, 2.24) is 15.5 Å². The van der Waals surface area contributed by atoms with Crippen LogP contribution in [-0.2, 0) is 28.7 Å². The molecule has 0 saturated heterocycles. The van der Waals surface area contributed by atoms with Crippen molar-refractivity contribution in [2.24, 2.45) is 5.73 Å². The lowest BCUT2D eigenvalue weighted by molar-refractivity contribution is -0.145. The molecule has 0 fully saturated rings. The van der Waals surface area contributed by atoms with E-state index < -0.39 is 60.4 Å². The molecule has 37 heavy (non-hydrogen) atoms. The fourth-order valence-electron chi connectivity index (χ4n) is 3.31. The molecule has 1 aromatic rings. The highest BCUT2D eigenvalue weighted by atomic mass is 16.6. The van der Waals surface area contributed by atoms with E-state index in [0.717, 1.165) is 0 Å². The minimum Gasteiger partial charge on any atom is -0.468 e. The number of methoxy groups -OCH3 is 1. The molecule has 1 aromatic carbocycles. The van der Waals surface area contributed by atoms with Crippen LogP contribution in [0, 0.1) is 12.3 Å². The highest BCUT2D eigenvalue weighted by Crippen LogP contribution is 2.24. The molecule has 202 valence electrons. The lowest BCUT2D eigenvalue weighted by atomic mass is 10.00. The summed E-state index contributed by atoms with van der Waals surface area (Å²) in [6.45, 7) is 6.51. The van der Waals surface area contributed by atoms with Crippen molar-refractivity contribution in [3.05, 3.63) is 35.4 Å². The van der Waals surface area contributed by atoms with Crippen LogP contribution in [0.3, 0.4) is 0 Å². The number of unbranched alkanes of at least 4 members (excludes halogenated alkanes) is 1. The first-order valence-electron chi connectivity index (χ1n) is 11.8.